The van der Waals surface area contributed by atoms with Crippen LogP contribution in [-0.4, -0.2) is 48.5 Å². The van der Waals surface area contributed by atoms with Crippen molar-refractivity contribution in [2.75, 3.05) is 39.5 Å². The van der Waals surface area contributed by atoms with Crippen LogP contribution >= 0.6 is 0 Å². The van der Waals surface area contributed by atoms with Crippen molar-refractivity contribution < 1.29 is 4.92 Å². The molecule has 6 heteroatoms. The highest BCUT2D eigenvalue weighted by Crippen LogP contribution is 2.23. The molecule has 0 aliphatic carbocycles. The molecule has 0 unspecified atom stereocenters. The van der Waals surface area contributed by atoms with Crippen molar-refractivity contribution in [1.82, 2.24) is 9.80 Å². The molecule has 21 heavy (non-hydrogen) atoms. The van der Waals surface area contributed by atoms with E-state index in [4.69, 9.17) is 5.73 Å². The molecule has 6 nitrogen and oxygen atoms in total. The molecule has 1 rings (SSSR count). The number of nitrogen functional groups attached to an aromatic ring is 1. The van der Waals surface area contributed by atoms with Gasteiger partial charge in [0.05, 0.1) is 4.92 Å². The largest absolute Gasteiger partial charge is 0.393 e. The van der Waals surface area contributed by atoms with Gasteiger partial charge in [0.15, 0.2) is 0 Å². The van der Waals surface area contributed by atoms with Gasteiger partial charge < -0.3 is 10.6 Å². The van der Waals surface area contributed by atoms with Gasteiger partial charge in [-0.3, -0.25) is 15.0 Å². The van der Waals surface area contributed by atoms with Crippen molar-refractivity contribution in [3.05, 3.63) is 33.9 Å². The number of anilines is 1. The molecule has 0 atom stereocenters. The molecule has 0 spiro atoms. The summed E-state index contributed by atoms with van der Waals surface area (Å²) in [6.07, 6.45) is 0. The van der Waals surface area contributed by atoms with Gasteiger partial charge in [-0.15, -0.1) is 0 Å². The Morgan fingerprint density at radius 1 is 1.29 bits per heavy atom. The smallest absolute Gasteiger partial charge is 0.292 e. The molecule has 0 radical (unpaired) electrons. The molecule has 0 amide bonds. The normalized spacial score (nSPS) is 11.6. The molecule has 2 N–H and O–H groups in total. The van der Waals surface area contributed by atoms with E-state index < -0.39 is 4.92 Å². The van der Waals surface area contributed by atoms with E-state index in [0.717, 1.165) is 25.2 Å². The number of nitro benzene ring substituents is 1. The minimum absolute atomic E-state index is 0.00962. The third-order valence-corrected chi connectivity index (χ3v) is 3.18. The summed E-state index contributed by atoms with van der Waals surface area (Å²) >= 11 is 0. The fourth-order valence-electron chi connectivity index (χ4n) is 2.20. The Kier molecular flexibility index (Phi) is 6.58. The zero-order chi connectivity index (χ0) is 16.0. The van der Waals surface area contributed by atoms with Crippen molar-refractivity contribution in [1.29, 1.82) is 0 Å². The number of rotatable bonds is 8. The Labute approximate surface area is 126 Å². The monoisotopic (exact) mass is 294 g/mol. The Balaban J connectivity index is 2.82. The summed E-state index contributed by atoms with van der Waals surface area (Å²) in [5, 5.41) is 11.0. The first-order chi connectivity index (χ1) is 9.79. The van der Waals surface area contributed by atoms with E-state index in [1.165, 1.54) is 0 Å². The predicted octanol–water partition coefficient (Wildman–Crippen LogP) is 2.20. The number of nitrogens with two attached hydrogens (primary N) is 1. The molecule has 0 heterocycles. The second kappa shape index (κ2) is 7.95. The zero-order valence-corrected chi connectivity index (χ0v) is 13.4. The number of hydrogen-bond acceptors (Lipinski definition) is 5. The lowest BCUT2D eigenvalue weighted by Gasteiger charge is -2.25. The molecule has 0 fully saturated rings. The SMILES string of the molecule is CC(C)CN(CCN(C)C)Cc1ccc(N)c([N+](=O)[O-])c1. The Morgan fingerprint density at radius 3 is 2.48 bits per heavy atom. The maximum Gasteiger partial charge on any atom is 0.292 e. The van der Waals surface area contributed by atoms with E-state index in [-0.39, 0.29) is 11.4 Å². The van der Waals surface area contributed by atoms with Crippen molar-refractivity contribution in [2.24, 2.45) is 5.92 Å². The fraction of sp³-hybridized carbons (Fsp3) is 0.600. The Hall–Kier alpha value is -1.66. The molecule has 0 aromatic heterocycles. The number of nitro groups is 1. The first-order valence-electron chi connectivity index (χ1n) is 7.19. The molecule has 0 saturated heterocycles. The van der Waals surface area contributed by atoms with Crippen LogP contribution in [0.15, 0.2) is 18.2 Å². The van der Waals surface area contributed by atoms with E-state index in [2.05, 4.69) is 23.6 Å². The van der Waals surface area contributed by atoms with E-state index in [0.29, 0.717) is 12.5 Å². The van der Waals surface area contributed by atoms with Gasteiger partial charge in [0.25, 0.3) is 5.69 Å². The quantitative estimate of drug-likeness (QED) is 0.452. The van der Waals surface area contributed by atoms with Gasteiger partial charge in [-0.1, -0.05) is 19.9 Å². The Bertz CT molecular complexity index is 475. The molecule has 1 aromatic carbocycles. The lowest BCUT2D eigenvalue weighted by Crippen LogP contribution is -2.34. The van der Waals surface area contributed by atoms with Gasteiger partial charge in [-0.2, -0.15) is 0 Å². The maximum absolute atomic E-state index is 11.0. The highest BCUT2D eigenvalue weighted by molar-refractivity contribution is 5.59. The van der Waals surface area contributed by atoms with E-state index in [9.17, 15) is 10.1 Å². The standard InChI is InChI=1S/C15H26N4O2/c1-12(2)10-18(8-7-17(3)4)11-13-5-6-14(16)15(9-13)19(20)21/h5-6,9,12H,7-8,10-11,16H2,1-4H3. The third kappa shape index (κ3) is 6.10. The van der Waals surface area contributed by atoms with E-state index in [1.54, 1.807) is 12.1 Å². The molecule has 0 bridgehead atoms. The summed E-state index contributed by atoms with van der Waals surface area (Å²) in [6, 6.07) is 5.07. The molecule has 0 aliphatic heterocycles. The lowest BCUT2D eigenvalue weighted by atomic mass is 10.1. The molecular formula is C15H26N4O2. The molecule has 1 aromatic rings. The van der Waals surface area contributed by atoms with Gasteiger partial charge in [0.1, 0.15) is 5.69 Å². The highest BCUT2D eigenvalue weighted by atomic mass is 16.6. The van der Waals surface area contributed by atoms with Crippen molar-refractivity contribution in [2.45, 2.75) is 20.4 Å². The van der Waals surface area contributed by atoms with Crippen LogP contribution in [0.2, 0.25) is 0 Å². The summed E-state index contributed by atoms with van der Waals surface area (Å²) in [4.78, 5) is 15.0. The van der Waals surface area contributed by atoms with Crippen LogP contribution in [0.3, 0.4) is 0 Å². The van der Waals surface area contributed by atoms with E-state index in [1.807, 2.05) is 20.2 Å². The third-order valence-electron chi connectivity index (χ3n) is 3.18. The van der Waals surface area contributed by atoms with Gasteiger partial charge in [-0.25, -0.2) is 0 Å². The predicted molar refractivity (Wildman–Crippen MR) is 86.2 cm³/mol. The summed E-state index contributed by atoms with van der Waals surface area (Å²) in [5.74, 6) is 0.552. The summed E-state index contributed by atoms with van der Waals surface area (Å²) in [5.41, 5.74) is 6.77. The van der Waals surface area contributed by atoms with Crippen LogP contribution in [0.5, 0.6) is 0 Å². The van der Waals surface area contributed by atoms with Gasteiger partial charge >= 0.3 is 0 Å². The van der Waals surface area contributed by atoms with Crippen LogP contribution in [0.25, 0.3) is 0 Å². The number of nitrogens with zero attached hydrogens (tertiary/aromatic N) is 3. The van der Waals surface area contributed by atoms with Crippen molar-refractivity contribution in [3.63, 3.8) is 0 Å². The van der Waals surface area contributed by atoms with Crippen molar-refractivity contribution >= 4 is 11.4 Å². The average molecular weight is 294 g/mol. The van der Waals surface area contributed by atoms with Gasteiger partial charge in [0.2, 0.25) is 0 Å². The maximum atomic E-state index is 11.0. The van der Waals surface area contributed by atoms with Crippen LogP contribution in [0, 0.1) is 16.0 Å². The minimum atomic E-state index is -0.425. The second-order valence-electron chi connectivity index (χ2n) is 6.08. The topological polar surface area (TPSA) is 75.6 Å². The van der Waals surface area contributed by atoms with E-state index >= 15 is 0 Å². The molecule has 0 aliphatic rings. The van der Waals surface area contributed by atoms with Crippen LogP contribution < -0.4 is 5.73 Å². The summed E-state index contributed by atoms with van der Waals surface area (Å²) < 4.78 is 0. The minimum Gasteiger partial charge on any atom is -0.393 e. The lowest BCUT2D eigenvalue weighted by molar-refractivity contribution is -0.384. The Morgan fingerprint density at radius 2 is 1.95 bits per heavy atom. The van der Waals surface area contributed by atoms with Crippen molar-refractivity contribution in [3.8, 4) is 0 Å². The first kappa shape index (κ1) is 17.4. The number of likely N-dealkylation sites (N-methyl/N-ethyl adjacent to an activating group) is 1. The van der Waals surface area contributed by atoms with Crippen LogP contribution in [-0.2, 0) is 6.54 Å². The summed E-state index contributed by atoms with van der Waals surface area (Å²) in [7, 11) is 4.09. The number of hydrogen-bond donors (Lipinski definition) is 1. The number of benzene rings is 1. The molecule has 118 valence electrons. The zero-order valence-electron chi connectivity index (χ0n) is 13.4. The van der Waals surface area contributed by atoms with Gasteiger partial charge in [0, 0.05) is 32.2 Å². The van der Waals surface area contributed by atoms with Crippen LogP contribution in [0.4, 0.5) is 11.4 Å². The molecular weight excluding hydrogens is 268 g/mol. The van der Waals surface area contributed by atoms with Crippen LogP contribution in [0.1, 0.15) is 19.4 Å². The first-order valence-corrected chi connectivity index (χ1v) is 7.19. The molecule has 0 saturated carbocycles. The van der Waals surface area contributed by atoms with Gasteiger partial charge in [-0.05, 0) is 31.6 Å². The second-order valence-corrected chi connectivity index (χ2v) is 6.08. The average Bonchev–Trinajstić information content (AvgIpc) is 2.37. The fourth-order valence-corrected chi connectivity index (χ4v) is 2.20. The summed E-state index contributed by atoms with van der Waals surface area (Å²) in [6.45, 7) is 7.91. The highest BCUT2D eigenvalue weighted by Gasteiger charge is 2.14.